The smallest absolute Gasteiger partial charge is 0.352 e. The molecule has 1 fully saturated rings. The predicted octanol–water partition coefficient (Wildman–Crippen LogP) is 7.91. The third kappa shape index (κ3) is 8.95. The molecule has 1 saturated carbocycles. The molecule has 7 nitrogen and oxygen atoms in total. The van der Waals surface area contributed by atoms with Gasteiger partial charge in [-0.1, -0.05) is 103 Å². The maximum absolute atomic E-state index is 14.6. The lowest BCUT2D eigenvalue weighted by atomic mass is 10.0. The third-order valence-electron chi connectivity index (χ3n) is 8.42. The Balaban J connectivity index is 1.62. The summed E-state index contributed by atoms with van der Waals surface area (Å²) in [6.45, 7) is -1.16. The zero-order valence-corrected chi connectivity index (χ0v) is 28.6. The number of sulfonamides is 1. The van der Waals surface area contributed by atoms with Crippen LogP contribution in [0, 0.1) is 0 Å². The molecular weight excluding hydrogens is 698 g/mol. The standard InChI is InChI=1S/C36H34Cl2F3N3O4S/c37-30-18-10-7-13-26(30)23-43(33(21-25-11-3-1-4-12-25)35(46)42-28-14-8-9-15-28)34(45)24-44(49(47,48)29-16-5-2-6-17-29)32-22-27(36(39,40)41)19-20-31(32)38/h1-7,10-13,16-20,22,28,33H,8-9,14-15,21,23-24H2,(H,42,46)/t33-/m1/s1. The molecule has 0 spiro atoms. The number of halogens is 5. The van der Waals surface area contributed by atoms with Crippen molar-refractivity contribution in [2.24, 2.45) is 0 Å². The molecule has 4 aromatic carbocycles. The fraction of sp³-hybridized carbons (Fsp3) is 0.278. The first kappa shape index (κ1) is 36.2. The Morgan fingerprint density at radius 3 is 2.08 bits per heavy atom. The number of carbonyl (C=O) groups is 2. The zero-order chi connectivity index (χ0) is 35.2. The van der Waals surface area contributed by atoms with Crippen molar-refractivity contribution in [3.05, 3.63) is 130 Å². The van der Waals surface area contributed by atoms with Gasteiger partial charge < -0.3 is 10.2 Å². The number of alkyl halides is 3. The molecule has 1 aliphatic rings. The molecular formula is C36H34Cl2F3N3O4S. The fourth-order valence-electron chi connectivity index (χ4n) is 5.84. The first-order chi connectivity index (χ1) is 23.3. The van der Waals surface area contributed by atoms with Crippen molar-refractivity contribution in [2.45, 2.75) is 61.8 Å². The van der Waals surface area contributed by atoms with Crippen LogP contribution in [0.15, 0.2) is 108 Å². The van der Waals surface area contributed by atoms with Gasteiger partial charge in [-0.25, -0.2) is 8.42 Å². The number of nitrogens with zero attached hydrogens (tertiary/aromatic N) is 2. The zero-order valence-electron chi connectivity index (χ0n) is 26.2. The van der Waals surface area contributed by atoms with Crippen molar-refractivity contribution >= 4 is 50.7 Å². The lowest BCUT2D eigenvalue weighted by molar-refractivity contribution is -0.140. The van der Waals surface area contributed by atoms with E-state index in [4.69, 9.17) is 23.2 Å². The lowest BCUT2D eigenvalue weighted by Gasteiger charge is -2.34. The minimum absolute atomic E-state index is 0.0747. The number of benzene rings is 4. The van der Waals surface area contributed by atoms with E-state index in [0.717, 1.165) is 43.4 Å². The SMILES string of the molecule is O=C(NC1CCCC1)[C@@H](Cc1ccccc1)N(Cc1ccccc1Cl)C(=O)CN(c1cc(C(F)(F)F)ccc1Cl)S(=O)(=O)c1ccccc1. The van der Waals surface area contributed by atoms with Gasteiger partial charge in [-0.15, -0.1) is 0 Å². The van der Waals surface area contributed by atoms with Gasteiger partial charge in [0.25, 0.3) is 10.0 Å². The van der Waals surface area contributed by atoms with Crippen molar-refractivity contribution in [2.75, 3.05) is 10.8 Å². The Morgan fingerprint density at radius 2 is 1.45 bits per heavy atom. The summed E-state index contributed by atoms with van der Waals surface area (Å²) in [5, 5.41) is 3.05. The Labute approximate surface area is 293 Å². The van der Waals surface area contributed by atoms with Crippen LogP contribution in [0.25, 0.3) is 0 Å². The number of hydrogen-bond donors (Lipinski definition) is 1. The van der Waals surface area contributed by atoms with Gasteiger partial charge in [0.1, 0.15) is 12.6 Å². The Hall–Kier alpha value is -4.06. The molecule has 0 saturated heterocycles. The van der Waals surface area contributed by atoms with Gasteiger partial charge in [0.05, 0.1) is 21.2 Å². The van der Waals surface area contributed by atoms with Crippen molar-refractivity contribution in [3.8, 4) is 0 Å². The molecule has 0 aromatic heterocycles. The third-order valence-corrected chi connectivity index (χ3v) is 10.9. The highest BCUT2D eigenvalue weighted by molar-refractivity contribution is 7.92. The summed E-state index contributed by atoms with van der Waals surface area (Å²) < 4.78 is 70.5. The molecule has 1 atom stereocenters. The van der Waals surface area contributed by atoms with Crippen LogP contribution < -0.4 is 9.62 Å². The molecule has 1 aliphatic carbocycles. The van der Waals surface area contributed by atoms with Crippen LogP contribution in [-0.2, 0) is 38.8 Å². The molecule has 13 heteroatoms. The monoisotopic (exact) mass is 731 g/mol. The molecule has 0 bridgehead atoms. The van der Waals surface area contributed by atoms with Crippen LogP contribution in [0.3, 0.4) is 0 Å². The van der Waals surface area contributed by atoms with Crippen LogP contribution in [0.5, 0.6) is 0 Å². The molecule has 0 aliphatic heterocycles. The highest BCUT2D eigenvalue weighted by atomic mass is 35.5. The largest absolute Gasteiger partial charge is 0.416 e. The van der Waals surface area contributed by atoms with E-state index >= 15 is 0 Å². The summed E-state index contributed by atoms with van der Waals surface area (Å²) in [5.74, 6) is -1.29. The first-order valence-corrected chi connectivity index (χ1v) is 17.9. The highest BCUT2D eigenvalue weighted by Crippen LogP contribution is 2.37. The topological polar surface area (TPSA) is 86.8 Å². The van der Waals surface area contributed by atoms with Gasteiger partial charge in [-0.2, -0.15) is 13.2 Å². The van der Waals surface area contributed by atoms with E-state index in [1.54, 1.807) is 42.5 Å². The molecule has 2 amide bonds. The second-order valence-corrected chi connectivity index (χ2v) is 14.5. The van der Waals surface area contributed by atoms with Gasteiger partial charge in [-0.3, -0.25) is 13.9 Å². The molecule has 49 heavy (non-hydrogen) atoms. The van der Waals surface area contributed by atoms with Crippen molar-refractivity contribution in [1.29, 1.82) is 0 Å². The van der Waals surface area contributed by atoms with Crippen LogP contribution in [0.1, 0.15) is 42.4 Å². The number of rotatable bonds is 12. The van der Waals surface area contributed by atoms with E-state index in [-0.39, 0.29) is 28.9 Å². The molecule has 5 rings (SSSR count). The van der Waals surface area contributed by atoms with Crippen LogP contribution in [0.4, 0.5) is 18.9 Å². The van der Waals surface area contributed by atoms with Gasteiger partial charge in [0, 0.05) is 24.0 Å². The van der Waals surface area contributed by atoms with E-state index in [1.165, 1.54) is 29.2 Å². The minimum Gasteiger partial charge on any atom is -0.352 e. The summed E-state index contributed by atoms with van der Waals surface area (Å²) >= 11 is 12.9. The average Bonchev–Trinajstić information content (AvgIpc) is 3.59. The predicted molar refractivity (Wildman–Crippen MR) is 184 cm³/mol. The number of amides is 2. The summed E-state index contributed by atoms with van der Waals surface area (Å²) in [6.07, 6.45) is -1.31. The quantitative estimate of drug-likeness (QED) is 0.161. The van der Waals surface area contributed by atoms with Crippen LogP contribution >= 0.6 is 23.2 Å². The second kappa shape index (κ2) is 15.7. The van der Waals surface area contributed by atoms with Gasteiger partial charge in [0.2, 0.25) is 11.8 Å². The van der Waals surface area contributed by atoms with Crippen LogP contribution in [-0.4, -0.2) is 43.8 Å². The molecule has 4 aromatic rings. The van der Waals surface area contributed by atoms with E-state index in [0.29, 0.717) is 21.0 Å². The Bertz CT molecular complexity index is 1870. The lowest BCUT2D eigenvalue weighted by Crippen LogP contribution is -2.54. The van der Waals surface area contributed by atoms with E-state index in [9.17, 15) is 31.2 Å². The average molecular weight is 733 g/mol. The second-order valence-electron chi connectivity index (χ2n) is 11.8. The maximum Gasteiger partial charge on any atom is 0.416 e. The number of anilines is 1. The van der Waals surface area contributed by atoms with Gasteiger partial charge >= 0.3 is 6.18 Å². The van der Waals surface area contributed by atoms with Gasteiger partial charge in [-0.05, 0) is 60.4 Å². The Kier molecular flexibility index (Phi) is 11.6. The van der Waals surface area contributed by atoms with E-state index in [2.05, 4.69) is 5.32 Å². The molecule has 0 unspecified atom stereocenters. The van der Waals surface area contributed by atoms with E-state index in [1.807, 2.05) is 18.2 Å². The van der Waals surface area contributed by atoms with E-state index < -0.39 is 51.9 Å². The summed E-state index contributed by atoms with van der Waals surface area (Å²) in [6, 6.07) is 23.8. The molecule has 0 radical (unpaired) electrons. The minimum atomic E-state index is -4.83. The number of carbonyl (C=O) groups excluding carboxylic acids is 2. The fourth-order valence-corrected chi connectivity index (χ4v) is 7.76. The summed E-state index contributed by atoms with van der Waals surface area (Å²) in [4.78, 5) is 29.7. The molecule has 258 valence electrons. The van der Waals surface area contributed by atoms with Gasteiger partial charge in [0.15, 0.2) is 0 Å². The molecule has 1 N–H and O–H groups in total. The summed E-state index contributed by atoms with van der Waals surface area (Å²) in [5.41, 5.74) is -0.473. The number of hydrogen-bond acceptors (Lipinski definition) is 4. The van der Waals surface area contributed by atoms with Crippen LogP contribution in [0.2, 0.25) is 10.0 Å². The van der Waals surface area contributed by atoms with Crippen molar-refractivity contribution < 1.29 is 31.2 Å². The van der Waals surface area contributed by atoms with Crippen molar-refractivity contribution in [3.63, 3.8) is 0 Å². The summed E-state index contributed by atoms with van der Waals surface area (Å²) in [7, 11) is -4.66. The highest BCUT2D eigenvalue weighted by Gasteiger charge is 2.38. The first-order valence-electron chi connectivity index (χ1n) is 15.7. The normalized spacial score (nSPS) is 14.3. The maximum atomic E-state index is 14.6. The number of nitrogens with one attached hydrogen (secondary N) is 1. The Morgan fingerprint density at radius 1 is 0.837 bits per heavy atom. The van der Waals surface area contributed by atoms with Crippen molar-refractivity contribution in [1.82, 2.24) is 10.2 Å². The molecule has 0 heterocycles.